The summed E-state index contributed by atoms with van der Waals surface area (Å²) < 4.78 is 5.39. The van der Waals surface area contributed by atoms with Crippen LogP contribution in [0.1, 0.15) is 38.5 Å². The summed E-state index contributed by atoms with van der Waals surface area (Å²) >= 11 is 3.41. The number of halogens is 1. The van der Waals surface area contributed by atoms with Gasteiger partial charge in [-0.1, -0.05) is 28.8 Å². The van der Waals surface area contributed by atoms with Crippen LogP contribution in [-0.2, 0) is 4.74 Å². The third-order valence-electron chi connectivity index (χ3n) is 1.87. The van der Waals surface area contributed by atoms with Crippen LogP contribution in [-0.4, -0.2) is 30.3 Å². The third kappa shape index (κ3) is 12.4. The Labute approximate surface area is 89.8 Å². The van der Waals surface area contributed by atoms with Crippen molar-refractivity contribution in [2.45, 2.75) is 38.5 Å². The maximum Gasteiger partial charge on any atom is 0.0466 e. The first-order valence-electron chi connectivity index (χ1n) is 5.16. The molecule has 13 heavy (non-hydrogen) atoms. The van der Waals surface area contributed by atoms with Crippen LogP contribution < -0.4 is 0 Å². The van der Waals surface area contributed by atoms with Crippen molar-refractivity contribution in [2.75, 3.05) is 25.2 Å². The Morgan fingerprint density at radius 2 is 1.46 bits per heavy atom. The molecule has 0 unspecified atom stereocenters. The summed E-state index contributed by atoms with van der Waals surface area (Å²) in [4.78, 5) is 0. The molecule has 0 atom stereocenters. The van der Waals surface area contributed by atoms with E-state index in [0.29, 0.717) is 0 Å². The number of hydrogen-bond acceptors (Lipinski definition) is 2. The van der Waals surface area contributed by atoms with Crippen molar-refractivity contribution < 1.29 is 9.84 Å². The van der Waals surface area contributed by atoms with Gasteiger partial charge in [-0.3, -0.25) is 0 Å². The molecule has 0 aliphatic rings. The van der Waals surface area contributed by atoms with Crippen molar-refractivity contribution in [2.24, 2.45) is 0 Å². The Bertz CT molecular complexity index is 79.0. The maximum absolute atomic E-state index is 8.51. The van der Waals surface area contributed by atoms with Crippen LogP contribution in [0.25, 0.3) is 0 Å². The molecule has 0 saturated carbocycles. The van der Waals surface area contributed by atoms with Crippen LogP contribution in [0.4, 0.5) is 0 Å². The number of ether oxygens (including phenoxy) is 1. The van der Waals surface area contributed by atoms with Crippen molar-refractivity contribution in [3.05, 3.63) is 0 Å². The lowest BCUT2D eigenvalue weighted by Crippen LogP contribution is -1.98. The van der Waals surface area contributed by atoms with Gasteiger partial charge in [-0.25, -0.2) is 0 Å². The average Bonchev–Trinajstić information content (AvgIpc) is 2.16. The fourth-order valence-corrected chi connectivity index (χ4v) is 1.47. The first kappa shape index (κ1) is 13.4. The summed E-state index contributed by atoms with van der Waals surface area (Å²) in [5.74, 6) is 0. The Hall–Kier alpha value is 0.400. The van der Waals surface area contributed by atoms with Crippen LogP contribution in [0.15, 0.2) is 0 Å². The zero-order valence-corrected chi connectivity index (χ0v) is 9.89. The van der Waals surface area contributed by atoms with E-state index >= 15 is 0 Å². The largest absolute Gasteiger partial charge is 0.396 e. The van der Waals surface area contributed by atoms with E-state index in [1.54, 1.807) is 0 Å². The van der Waals surface area contributed by atoms with Crippen molar-refractivity contribution in [1.29, 1.82) is 0 Å². The molecule has 0 rings (SSSR count). The van der Waals surface area contributed by atoms with Gasteiger partial charge in [0.1, 0.15) is 0 Å². The Morgan fingerprint density at radius 1 is 0.846 bits per heavy atom. The molecule has 0 saturated heterocycles. The second-order valence-electron chi connectivity index (χ2n) is 3.15. The highest BCUT2D eigenvalue weighted by Gasteiger charge is 1.90. The lowest BCUT2D eigenvalue weighted by molar-refractivity contribution is 0.121. The van der Waals surface area contributed by atoms with Crippen molar-refractivity contribution in [3.63, 3.8) is 0 Å². The lowest BCUT2D eigenvalue weighted by atomic mass is 10.2. The number of alkyl halides is 1. The van der Waals surface area contributed by atoms with Gasteiger partial charge in [-0.2, -0.15) is 0 Å². The molecule has 80 valence electrons. The molecule has 0 bridgehead atoms. The molecule has 0 fully saturated rings. The van der Waals surface area contributed by atoms with Crippen LogP contribution in [0.3, 0.4) is 0 Å². The van der Waals surface area contributed by atoms with E-state index in [1.807, 2.05) is 0 Å². The second-order valence-corrected chi connectivity index (χ2v) is 3.94. The molecule has 0 spiro atoms. The standard InChI is InChI=1S/C10H21BrO2/c11-7-3-1-2-5-9-13-10-6-4-8-12/h12H,1-10H2. The number of aliphatic hydroxyl groups is 1. The SMILES string of the molecule is OCCCCOCCCCCCBr. The summed E-state index contributed by atoms with van der Waals surface area (Å²) in [6, 6.07) is 0. The Morgan fingerprint density at radius 3 is 2.08 bits per heavy atom. The van der Waals surface area contributed by atoms with Gasteiger partial charge in [0.25, 0.3) is 0 Å². The third-order valence-corrected chi connectivity index (χ3v) is 2.43. The van der Waals surface area contributed by atoms with Gasteiger partial charge >= 0.3 is 0 Å². The molecule has 2 nitrogen and oxygen atoms in total. The quantitative estimate of drug-likeness (QED) is 0.479. The van der Waals surface area contributed by atoms with Gasteiger partial charge in [-0.15, -0.1) is 0 Å². The van der Waals surface area contributed by atoms with Crippen molar-refractivity contribution >= 4 is 15.9 Å². The fourth-order valence-electron chi connectivity index (χ4n) is 1.07. The molecule has 0 aliphatic carbocycles. The molecule has 0 heterocycles. The van der Waals surface area contributed by atoms with Gasteiger partial charge in [0.2, 0.25) is 0 Å². The predicted octanol–water partition coefficient (Wildman–Crippen LogP) is 2.73. The number of hydrogen-bond donors (Lipinski definition) is 1. The molecule has 0 radical (unpaired) electrons. The lowest BCUT2D eigenvalue weighted by Gasteiger charge is -2.02. The predicted molar refractivity (Wildman–Crippen MR) is 59.4 cm³/mol. The monoisotopic (exact) mass is 252 g/mol. The van der Waals surface area contributed by atoms with Gasteiger partial charge in [0, 0.05) is 25.2 Å². The van der Waals surface area contributed by atoms with E-state index in [2.05, 4.69) is 15.9 Å². The number of rotatable bonds is 10. The average molecular weight is 253 g/mol. The Kier molecular flexibility index (Phi) is 12.8. The van der Waals surface area contributed by atoms with E-state index in [9.17, 15) is 0 Å². The molecule has 0 aliphatic heterocycles. The van der Waals surface area contributed by atoms with Crippen molar-refractivity contribution in [3.8, 4) is 0 Å². The van der Waals surface area contributed by atoms with Gasteiger partial charge in [-0.05, 0) is 25.7 Å². The highest BCUT2D eigenvalue weighted by Crippen LogP contribution is 2.02. The van der Waals surface area contributed by atoms with E-state index in [1.165, 1.54) is 25.7 Å². The summed E-state index contributed by atoms with van der Waals surface area (Å²) in [6.07, 6.45) is 6.86. The van der Waals surface area contributed by atoms with Gasteiger partial charge in [0.05, 0.1) is 0 Å². The van der Waals surface area contributed by atoms with Crippen LogP contribution in [0.5, 0.6) is 0 Å². The molecule has 0 amide bonds. The first-order valence-corrected chi connectivity index (χ1v) is 6.28. The van der Waals surface area contributed by atoms with E-state index in [0.717, 1.165) is 31.4 Å². The van der Waals surface area contributed by atoms with E-state index < -0.39 is 0 Å². The summed E-state index contributed by atoms with van der Waals surface area (Å²) in [5.41, 5.74) is 0. The minimum atomic E-state index is 0.286. The first-order chi connectivity index (χ1) is 6.41. The normalized spacial score (nSPS) is 10.6. The maximum atomic E-state index is 8.51. The number of aliphatic hydroxyl groups excluding tert-OH is 1. The fraction of sp³-hybridized carbons (Fsp3) is 1.00. The molecule has 0 aromatic carbocycles. The topological polar surface area (TPSA) is 29.5 Å². The van der Waals surface area contributed by atoms with Crippen LogP contribution in [0.2, 0.25) is 0 Å². The highest BCUT2D eigenvalue weighted by atomic mass is 79.9. The summed E-state index contributed by atoms with van der Waals surface area (Å²) in [7, 11) is 0. The summed E-state index contributed by atoms with van der Waals surface area (Å²) in [5, 5.41) is 9.62. The smallest absolute Gasteiger partial charge is 0.0466 e. The number of unbranched alkanes of at least 4 members (excludes halogenated alkanes) is 4. The van der Waals surface area contributed by atoms with Crippen LogP contribution in [0, 0.1) is 0 Å². The van der Waals surface area contributed by atoms with Gasteiger partial charge < -0.3 is 9.84 Å². The zero-order valence-electron chi connectivity index (χ0n) is 8.30. The molecular formula is C10H21BrO2. The highest BCUT2D eigenvalue weighted by molar-refractivity contribution is 9.09. The Balaban J connectivity index is 2.76. The summed E-state index contributed by atoms with van der Waals surface area (Å²) in [6.45, 7) is 1.97. The minimum absolute atomic E-state index is 0.286. The molecule has 1 N–H and O–H groups in total. The van der Waals surface area contributed by atoms with E-state index in [-0.39, 0.29) is 6.61 Å². The molecule has 3 heteroatoms. The minimum Gasteiger partial charge on any atom is -0.396 e. The zero-order chi connectivity index (χ0) is 9.78. The van der Waals surface area contributed by atoms with E-state index in [4.69, 9.17) is 9.84 Å². The van der Waals surface area contributed by atoms with Gasteiger partial charge in [0.15, 0.2) is 0 Å². The molecule has 0 aromatic rings. The van der Waals surface area contributed by atoms with Crippen LogP contribution >= 0.6 is 15.9 Å². The van der Waals surface area contributed by atoms with Crippen molar-refractivity contribution in [1.82, 2.24) is 0 Å². The second kappa shape index (κ2) is 12.4. The molecule has 0 aromatic heterocycles. The molecular weight excluding hydrogens is 232 g/mol.